The summed E-state index contributed by atoms with van der Waals surface area (Å²) in [6, 6.07) is 3.61. The zero-order valence-electron chi connectivity index (χ0n) is 10.6. The van der Waals surface area contributed by atoms with Gasteiger partial charge in [0.05, 0.1) is 6.04 Å². The Morgan fingerprint density at radius 2 is 2.05 bits per heavy atom. The van der Waals surface area contributed by atoms with Crippen LogP contribution in [-0.2, 0) is 0 Å². The Morgan fingerprint density at radius 3 is 2.75 bits per heavy atom. The van der Waals surface area contributed by atoms with Gasteiger partial charge in [0.2, 0.25) is 11.7 Å². The number of hydrogen-bond acceptors (Lipinski definition) is 4. The molecule has 0 unspecified atom stereocenters. The average Bonchev–Trinajstić information content (AvgIpc) is 2.93. The maximum Gasteiger partial charge on any atom is 0.244 e. The Kier molecular flexibility index (Phi) is 4.67. The lowest BCUT2D eigenvalue weighted by atomic mass is 10.1. The SMILES string of the molecule is Cl.Fc1ccc(-c2noc([C@@H]3CCCCN3)n2)cc1F. The van der Waals surface area contributed by atoms with Gasteiger partial charge in [-0.05, 0) is 37.6 Å². The third kappa shape index (κ3) is 2.96. The van der Waals surface area contributed by atoms with E-state index in [9.17, 15) is 8.78 Å². The van der Waals surface area contributed by atoms with E-state index in [0.29, 0.717) is 11.5 Å². The number of nitrogens with one attached hydrogen (secondary N) is 1. The molecule has 0 amide bonds. The standard InChI is InChI=1S/C13H13F2N3O.ClH/c14-9-5-4-8(7-10(9)15)12-17-13(19-18-12)11-3-1-2-6-16-11;/h4-5,7,11,16H,1-3,6H2;1H/t11-;/m0./s1. The maximum atomic E-state index is 13.2. The summed E-state index contributed by atoms with van der Waals surface area (Å²) in [6.07, 6.45) is 3.20. The van der Waals surface area contributed by atoms with Gasteiger partial charge in [0, 0.05) is 5.56 Å². The Morgan fingerprint density at radius 1 is 1.20 bits per heavy atom. The molecular weight excluding hydrogens is 288 g/mol. The summed E-state index contributed by atoms with van der Waals surface area (Å²) >= 11 is 0. The molecule has 1 saturated heterocycles. The molecule has 3 rings (SSSR count). The van der Waals surface area contributed by atoms with Crippen molar-refractivity contribution < 1.29 is 13.3 Å². The van der Waals surface area contributed by atoms with Gasteiger partial charge in [-0.2, -0.15) is 4.98 Å². The predicted molar refractivity (Wildman–Crippen MR) is 71.5 cm³/mol. The lowest BCUT2D eigenvalue weighted by molar-refractivity contribution is 0.297. The third-order valence-electron chi connectivity index (χ3n) is 3.23. The van der Waals surface area contributed by atoms with Crippen LogP contribution >= 0.6 is 12.4 Å². The molecule has 108 valence electrons. The molecule has 7 heteroatoms. The Hall–Kier alpha value is -1.53. The molecule has 1 aliphatic rings. The quantitative estimate of drug-likeness (QED) is 0.925. The highest BCUT2D eigenvalue weighted by Crippen LogP contribution is 2.24. The van der Waals surface area contributed by atoms with Gasteiger partial charge in [0.15, 0.2) is 11.6 Å². The minimum atomic E-state index is -0.917. The fraction of sp³-hybridized carbons (Fsp3) is 0.385. The first-order valence-corrected chi connectivity index (χ1v) is 6.26. The minimum Gasteiger partial charge on any atom is -0.337 e. The lowest BCUT2D eigenvalue weighted by Gasteiger charge is -2.19. The van der Waals surface area contributed by atoms with E-state index in [-0.39, 0.29) is 24.3 Å². The van der Waals surface area contributed by atoms with Gasteiger partial charge in [-0.1, -0.05) is 11.6 Å². The fourth-order valence-corrected chi connectivity index (χ4v) is 2.19. The second kappa shape index (κ2) is 6.28. The monoisotopic (exact) mass is 301 g/mol. The largest absolute Gasteiger partial charge is 0.337 e. The molecule has 0 aliphatic carbocycles. The number of piperidine rings is 1. The van der Waals surface area contributed by atoms with E-state index in [1.54, 1.807) is 0 Å². The zero-order chi connectivity index (χ0) is 13.2. The van der Waals surface area contributed by atoms with Crippen LogP contribution in [0, 0.1) is 11.6 Å². The minimum absolute atomic E-state index is 0. The highest BCUT2D eigenvalue weighted by atomic mass is 35.5. The van der Waals surface area contributed by atoms with Crippen LogP contribution < -0.4 is 5.32 Å². The smallest absolute Gasteiger partial charge is 0.244 e. The summed E-state index contributed by atoms with van der Waals surface area (Å²) < 4.78 is 31.2. The van der Waals surface area contributed by atoms with Gasteiger partial charge >= 0.3 is 0 Å². The number of rotatable bonds is 2. The van der Waals surface area contributed by atoms with Crippen LogP contribution in [0.4, 0.5) is 8.78 Å². The highest BCUT2D eigenvalue weighted by molar-refractivity contribution is 5.85. The van der Waals surface area contributed by atoms with Crippen molar-refractivity contribution in [3.63, 3.8) is 0 Å². The van der Waals surface area contributed by atoms with Crippen LogP contribution in [0.15, 0.2) is 22.7 Å². The second-order valence-electron chi connectivity index (χ2n) is 4.59. The normalized spacial score (nSPS) is 18.6. The van der Waals surface area contributed by atoms with E-state index in [4.69, 9.17) is 4.52 Å². The Labute approximate surface area is 121 Å². The van der Waals surface area contributed by atoms with Crippen molar-refractivity contribution in [3.8, 4) is 11.4 Å². The third-order valence-corrected chi connectivity index (χ3v) is 3.23. The van der Waals surface area contributed by atoms with E-state index in [2.05, 4.69) is 15.5 Å². The molecule has 0 saturated carbocycles. The molecule has 1 aromatic carbocycles. The molecule has 20 heavy (non-hydrogen) atoms. The summed E-state index contributed by atoms with van der Waals surface area (Å²) in [6.45, 7) is 0.924. The number of hydrogen-bond donors (Lipinski definition) is 1. The molecule has 1 aromatic heterocycles. The summed E-state index contributed by atoms with van der Waals surface area (Å²) in [4.78, 5) is 4.25. The molecule has 1 N–H and O–H groups in total. The van der Waals surface area contributed by atoms with Crippen molar-refractivity contribution in [1.29, 1.82) is 0 Å². The van der Waals surface area contributed by atoms with Crippen molar-refractivity contribution in [3.05, 3.63) is 35.7 Å². The van der Waals surface area contributed by atoms with E-state index in [1.165, 1.54) is 6.07 Å². The van der Waals surface area contributed by atoms with Crippen LogP contribution in [0.5, 0.6) is 0 Å². The van der Waals surface area contributed by atoms with Crippen molar-refractivity contribution in [2.45, 2.75) is 25.3 Å². The van der Waals surface area contributed by atoms with Gasteiger partial charge < -0.3 is 9.84 Å². The maximum absolute atomic E-state index is 13.2. The van der Waals surface area contributed by atoms with Gasteiger partial charge in [-0.15, -0.1) is 12.4 Å². The van der Waals surface area contributed by atoms with Crippen molar-refractivity contribution in [1.82, 2.24) is 15.5 Å². The van der Waals surface area contributed by atoms with E-state index in [1.807, 2.05) is 0 Å². The molecule has 0 radical (unpaired) electrons. The number of nitrogens with zero attached hydrogens (tertiary/aromatic N) is 2. The first-order valence-electron chi connectivity index (χ1n) is 6.26. The van der Waals surface area contributed by atoms with Gasteiger partial charge in [0.1, 0.15) is 0 Å². The van der Waals surface area contributed by atoms with Crippen LogP contribution in [-0.4, -0.2) is 16.7 Å². The summed E-state index contributed by atoms with van der Waals surface area (Å²) in [5, 5.41) is 7.11. The average molecular weight is 302 g/mol. The van der Waals surface area contributed by atoms with Crippen LogP contribution in [0.2, 0.25) is 0 Å². The van der Waals surface area contributed by atoms with Crippen LogP contribution in [0.1, 0.15) is 31.2 Å². The molecule has 0 spiro atoms. The van der Waals surface area contributed by atoms with Gasteiger partial charge in [-0.3, -0.25) is 0 Å². The second-order valence-corrected chi connectivity index (χ2v) is 4.59. The molecule has 2 aromatic rings. The first-order chi connectivity index (χ1) is 9.24. The van der Waals surface area contributed by atoms with Crippen molar-refractivity contribution >= 4 is 12.4 Å². The van der Waals surface area contributed by atoms with Crippen LogP contribution in [0.25, 0.3) is 11.4 Å². The van der Waals surface area contributed by atoms with Crippen molar-refractivity contribution in [2.24, 2.45) is 0 Å². The molecule has 1 atom stereocenters. The summed E-state index contributed by atoms with van der Waals surface area (Å²) in [7, 11) is 0. The number of benzene rings is 1. The number of aromatic nitrogens is 2. The molecule has 1 fully saturated rings. The van der Waals surface area contributed by atoms with Gasteiger partial charge in [-0.25, -0.2) is 8.78 Å². The Balaban J connectivity index is 0.00000147. The van der Waals surface area contributed by atoms with E-state index in [0.717, 1.165) is 37.9 Å². The van der Waals surface area contributed by atoms with E-state index >= 15 is 0 Å². The predicted octanol–water partition coefficient (Wildman–Crippen LogP) is 3.25. The topological polar surface area (TPSA) is 51.0 Å². The molecular formula is C13H14ClF2N3O. The summed E-state index contributed by atoms with van der Waals surface area (Å²) in [5.74, 6) is -1.03. The highest BCUT2D eigenvalue weighted by Gasteiger charge is 2.21. The molecule has 1 aliphatic heterocycles. The van der Waals surface area contributed by atoms with Crippen LogP contribution in [0.3, 0.4) is 0 Å². The molecule has 2 heterocycles. The van der Waals surface area contributed by atoms with E-state index < -0.39 is 11.6 Å². The summed E-state index contributed by atoms with van der Waals surface area (Å²) in [5.41, 5.74) is 0.407. The first kappa shape index (κ1) is 14.9. The molecule has 4 nitrogen and oxygen atoms in total. The lowest BCUT2D eigenvalue weighted by Crippen LogP contribution is -2.26. The van der Waals surface area contributed by atoms with Crippen molar-refractivity contribution in [2.75, 3.05) is 6.54 Å². The molecule has 0 bridgehead atoms. The zero-order valence-corrected chi connectivity index (χ0v) is 11.4. The van der Waals surface area contributed by atoms with Gasteiger partial charge in [0.25, 0.3) is 0 Å². The number of halogens is 3. The fourth-order valence-electron chi connectivity index (χ4n) is 2.19. The Bertz CT molecular complexity index is 585.